The number of fused-ring (bicyclic) bond motifs is 1. The first-order valence-electron chi connectivity index (χ1n) is 6.38. The molecule has 1 aromatic carbocycles. The van der Waals surface area contributed by atoms with E-state index in [-0.39, 0.29) is 25.0 Å². The van der Waals surface area contributed by atoms with Crippen molar-refractivity contribution in [2.45, 2.75) is 0 Å². The molecule has 3 rings (SSSR count). The molecule has 0 aromatic heterocycles. The zero-order chi connectivity index (χ0) is 14.4. The van der Waals surface area contributed by atoms with Crippen molar-refractivity contribution in [1.29, 1.82) is 0 Å². The van der Waals surface area contributed by atoms with Crippen LogP contribution < -0.4 is 5.30 Å². The summed E-state index contributed by atoms with van der Waals surface area (Å²) in [5.41, 5.74) is 0. The quantitative estimate of drug-likeness (QED) is 0.759. The monoisotopic (exact) mass is 296 g/mol. The van der Waals surface area contributed by atoms with E-state index in [1.54, 1.807) is 4.67 Å². The number of nitrogens with zero attached hydrogens (tertiary/aromatic N) is 2. The zero-order valence-electron chi connectivity index (χ0n) is 11.5. The van der Waals surface area contributed by atoms with E-state index in [4.69, 9.17) is 9.05 Å². The molecule has 2 saturated heterocycles. The molecule has 0 spiro atoms. The van der Waals surface area contributed by atoms with Gasteiger partial charge in [-0.05, 0) is 0 Å². The Hall–Kier alpha value is -1.49. The molecule has 0 bridgehead atoms. The van der Waals surface area contributed by atoms with Crippen LogP contribution >= 0.6 is 7.21 Å². The second-order valence-electron chi connectivity index (χ2n) is 5.38. The van der Waals surface area contributed by atoms with Crippen LogP contribution in [0.5, 0.6) is 0 Å². The van der Waals surface area contributed by atoms with Gasteiger partial charge in [0.05, 0.1) is 0 Å². The minimum absolute atomic E-state index is 0.103. The van der Waals surface area contributed by atoms with Gasteiger partial charge < -0.3 is 0 Å². The molecule has 20 heavy (non-hydrogen) atoms. The molecule has 0 N–H and O–H groups in total. The molecule has 0 atom stereocenters. The summed E-state index contributed by atoms with van der Waals surface area (Å²) in [6.07, 6.45) is 0.382. The molecular weight excluding hydrogens is 279 g/mol. The standard InChI is InChI=1S/C13H17N2O4P/c1-14(2)10-20(11-6-4-3-5-7-11)15(8-12(16)18-20)9-13(17)19-20/h3-7H,8-10H2,1-2H3. The SMILES string of the molecule is CN(C)CP12(c3ccccc3)OC(=O)CN1CC(=O)O2. The van der Waals surface area contributed by atoms with Gasteiger partial charge in [0.25, 0.3) is 0 Å². The molecular formula is C13H17N2O4P. The summed E-state index contributed by atoms with van der Waals surface area (Å²) in [6, 6.07) is 9.34. The van der Waals surface area contributed by atoms with Crippen LogP contribution in [0, 0.1) is 0 Å². The second-order valence-corrected chi connectivity index (χ2v) is 9.27. The number of carbonyl (C=O) groups excluding carboxylic acids is 2. The number of hydrogen-bond donors (Lipinski definition) is 0. The number of hydrogen-bond acceptors (Lipinski definition) is 6. The fraction of sp³-hybridized carbons (Fsp3) is 0.385. The molecule has 0 amide bonds. The second kappa shape index (κ2) is 4.25. The van der Waals surface area contributed by atoms with Gasteiger partial charge in [-0.2, -0.15) is 0 Å². The third-order valence-electron chi connectivity index (χ3n) is 3.57. The summed E-state index contributed by atoms with van der Waals surface area (Å²) in [5, 5.41) is 0.781. The molecule has 0 saturated carbocycles. The number of carbonyl (C=O) groups is 2. The predicted molar refractivity (Wildman–Crippen MR) is 75.3 cm³/mol. The van der Waals surface area contributed by atoms with Crippen LogP contribution in [0.15, 0.2) is 30.3 Å². The molecule has 0 unspecified atom stereocenters. The van der Waals surface area contributed by atoms with E-state index in [1.807, 2.05) is 49.3 Å². The van der Waals surface area contributed by atoms with Gasteiger partial charge in [0.15, 0.2) is 0 Å². The topological polar surface area (TPSA) is 59.1 Å². The van der Waals surface area contributed by atoms with Crippen LogP contribution in [0.3, 0.4) is 0 Å². The molecule has 0 aliphatic carbocycles. The summed E-state index contributed by atoms with van der Waals surface area (Å²) in [7, 11) is 0.103. The van der Waals surface area contributed by atoms with Gasteiger partial charge in [-0.25, -0.2) is 0 Å². The first-order chi connectivity index (χ1) is 9.45. The number of benzene rings is 1. The normalized spacial score (nSPS) is 25.6. The molecule has 2 aliphatic rings. The molecule has 2 heterocycles. The summed E-state index contributed by atoms with van der Waals surface area (Å²) in [4.78, 5) is 25.7. The molecule has 2 aliphatic heterocycles. The van der Waals surface area contributed by atoms with Gasteiger partial charge in [-0.15, -0.1) is 0 Å². The van der Waals surface area contributed by atoms with Crippen LogP contribution in [0.1, 0.15) is 0 Å². The van der Waals surface area contributed by atoms with Crippen molar-refractivity contribution in [1.82, 2.24) is 9.57 Å². The Balaban J connectivity index is 2.23. The Morgan fingerprint density at radius 2 is 1.65 bits per heavy atom. The van der Waals surface area contributed by atoms with Crippen LogP contribution in [-0.2, 0) is 18.6 Å². The molecule has 2 fully saturated rings. The van der Waals surface area contributed by atoms with Gasteiger partial charge in [0, 0.05) is 0 Å². The fourth-order valence-corrected chi connectivity index (χ4v) is 7.75. The van der Waals surface area contributed by atoms with Crippen LogP contribution in [0.4, 0.5) is 0 Å². The average Bonchev–Trinajstić information content (AvgIpc) is 2.77. The van der Waals surface area contributed by atoms with E-state index in [9.17, 15) is 9.59 Å². The third kappa shape index (κ3) is 1.69. The Labute approximate surface area is 117 Å². The summed E-state index contributed by atoms with van der Waals surface area (Å²) in [6.45, 7) is 0.207. The average molecular weight is 296 g/mol. The zero-order valence-corrected chi connectivity index (χ0v) is 12.4. The van der Waals surface area contributed by atoms with Crippen molar-refractivity contribution < 1.29 is 18.6 Å². The fourth-order valence-electron chi connectivity index (χ4n) is 2.97. The molecule has 0 radical (unpaired) electrons. The van der Waals surface area contributed by atoms with Crippen LogP contribution in [0.2, 0.25) is 0 Å². The third-order valence-corrected chi connectivity index (χ3v) is 8.54. The van der Waals surface area contributed by atoms with Crippen LogP contribution in [0.25, 0.3) is 0 Å². The van der Waals surface area contributed by atoms with E-state index in [1.165, 1.54) is 0 Å². The van der Waals surface area contributed by atoms with E-state index < -0.39 is 7.21 Å². The summed E-state index contributed by atoms with van der Waals surface area (Å²) >= 11 is 0. The van der Waals surface area contributed by atoms with E-state index in [0.717, 1.165) is 5.30 Å². The van der Waals surface area contributed by atoms with E-state index in [2.05, 4.69) is 0 Å². The molecule has 108 valence electrons. The Morgan fingerprint density at radius 1 is 1.10 bits per heavy atom. The van der Waals surface area contributed by atoms with Gasteiger partial charge in [-0.3, -0.25) is 0 Å². The van der Waals surface area contributed by atoms with Crippen molar-refractivity contribution in [2.75, 3.05) is 33.5 Å². The Bertz CT molecular complexity index is 555. The first kappa shape index (κ1) is 13.5. The minimum atomic E-state index is -3.65. The predicted octanol–water partition coefficient (Wildman–Crippen LogP) is 0.545. The van der Waals surface area contributed by atoms with E-state index >= 15 is 0 Å². The van der Waals surface area contributed by atoms with Crippen molar-refractivity contribution in [3.63, 3.8) is 0 Å². The van der Waals surface area contributed by atoms with Crippen molar-refractivity contribution in [3.8, 4) is 0 Å². The molecule has 6 nitrogen and oxygen atoms in total. The maximum atomic E-state index is 11.9. The van der Waals surface area contributed by atoms with Crippen molar-refractivity contribution in [3.05, 3.63) is 30.3 Å². The first-order valence-corrected chi connectivity index (χ1v) is 8.59. The Morgan fingerprint density at radius 3 is 2.15 bits per heavy atom. The number of rotatable bonds is 3. The van der Waals surface area contributed by atoms with Crippen LogP contribution in [-0.4, -0.2) is 55.0 Å². The van der Waals surface area contributed by atoms with Gasteiger partial charge in [0.1, 0.15) is 0 Å². The van der Waals surface area contributed by atoms with Gasteiger partial charge in [0.2, 0.25) is 0 Å². The van der Waals surface area contributed by atoms with Crippen molar-refractivity contribution >= 4 is 24.5 Å². The van der Waals surface area contributed by atoms with Gasteiger partial charge >= 0.3 is 116 Å². The molecule has 1 aromatic rings. The van der Waals surface area contributed by atoms with E-state index in [0.29, 0.717) is 6.29 Å². The maximum absolute atomic E-state index is 11.9. The Kier molecular flexibility index (Phi) is 2.87. The summed E-state index contributed by atoms with van der Waals surface area (Å²) in [5.74, 6) is -0.665. The van der Waals surface area contributed by atoms with Crippen molar-refractivity contribution in [2.24, 2.45) is 0 Å². The summed E-state index contributed by atoms with van der Waals surface area (Å²) < 4.78 is 13.3. The van der Waals surface area contributed by atoms with Gasteiger partial charge in [-0.1, -0.05) is 0 Å². The molecule has 7 heteroatoms.